The maximum Gasteiger partial charge on any atom is 0.220 e. The van der Waals surface area contributed by atoms with Crippen molar-refractivity contribution in [2.45, 2.75) is 32.2 Å². The Labute approximate surface area is 172 Å². The van der Waals surface area contributed by atoms with Crippen LogP contribution in [0.15, 0.2) is 48.5 Å². The minimum absolute atomic E-state index is 0.0391. The molecule has 1 N–H and O–H groups in total. The van der Waals surface area contributed by atoms with Crippen molar-refractivity contribution in [1.29, 1.82) is 0 Å². The van der Waals surface area contributed by atoms with Gasteiger partial charge in [-0.15, -0.1) is 0 Å². The number of fused-ring (bicyclic) bond motifs is 1. The van der Waals surface area contributed by atoms with Gasteiger partial charge in [0.05, 0.1) is 12.9 Å². The van der Waals surface area contributed by atoms with E-state index in [1.807, 2.05) is 48.5 Å². The fourth-order valence-corrected chi connectivity index (χ4v) is 4.94. The van der Waals surface area contributed by atoms with Crippen molar-refractivity contribution in [3.63, 3.8) is 0 Å². The molecule has 0 aliphatic carbocycles. The zero-order valence-electron chi connectivity index (χ0n) is 16.8. The zero-order valence-corrected chi connectivity index (χ0v) is 17.6. The number of hydrogen-bond donors (Lipinski definition) is 1. The number of aryl methyl sites for hydroxylation is 1. The highest BCUT2D eigenvalue weighted by atomic mass is 32.2. The Morgan fingerprint density at radius 3 is 2.69 bits per heavy atom. The van der Waals surface area contributed by atoms with Crippen LogP contribution in [-0.4, -0.2) is 44.6 Å². The molecule has 1 aliphatic heterocycles. The fourth-order valence-electron chi connectivity index (χ4n) is 3.47. The average Bonchev–Trinajstić information content (AvgIpc) is 2.75. The van der Waals surface area contributed by atoms with Gasteiger partial charge < -0.3 is 10.1 Å². The molecule has 1 aliphatic rings. The smallest absolute Gasteiger partial charge is 0.220 e. The molecule has 0 unspecified atom stereocenters. The van der Waals surface area contributed by atoms with Gasteiger partial charge in [-0.1, -0.05) is 36.4 Å². The van der Waals surface area contributed by atoms with E-state index >= 15 is 0 Å². The second kappa shape index (κ2) is 9.89. The van der Waals surface area contributed by atoms with Crippen LogP contribution in [0.5, 0.6) is 5.75 Å². The monoisotopic (exact) mass is 416 g/mol. The molecule has 0 saturated carbocycles. The molecule has 156 valence electrons. The topological polar surface area (TPSA) is 75.7 Å². The van der Waals surface area contributed by atoms with Crippen molar-refractivity contribution in [2.75, 3.05) is 26.0 Å². The molecule has 0 fully saturated rings. The Balaban J connectivity index is 1.41. The number of sulfonamides is 1. The third-order valence-corrected chi connectivity index (χ3v) is 7.07. The number of methoxy groups -OCH3 is 1. The number of amides is 1. The summed E-state index contributed by atoms with van der Waals surface area (Å²) < 4.78 is 32.1. The van der Waals surface area contributed by atoms with E-state index in [9.17, 15) is 13.2 Å². The summed E-state index contributed by atoms with van der Waals surface area (Å²) in [5.74, 6) is 0.785. The lowest BCUT2D eigenvalue weighted by Crippen LogP contribution is -2.38. The van der Waals surface area contributed by atoms with Gasteiger partial charge in [-0.25, -0.2) is 8.42 Å². The number of benzene rings is 2. The molecule has 7 heteroatoms. The standard InChI is InChI=1S/C22H28N2O4S/c1-28-21-10-9-20-17-24(14-12-19(20)16-21)29(26,27)15-5-13-23-22(25)11-8-18-6-3-2-4-7-18/h2-4,6-7,9-10,16H,5,8,11-15,17H2,1H3,(H,23,25). The summed E-state index contributed by atoms with van der Waals surface area (Å²) in [6.45, 7) is 1.24. The predicted octanol–water partition coefficient (Wildman–Crippen LogP) is 2.52. The SMILES string of the molecule is COc1ccc2c(c1)CCN(S(=O)(=O)CCCNC(=O)CCc1ccccc1)C2. The van der Waals surface area contributed by atoms with Crippen LogP contribution in [0.2, 0.25) is 0 Å². The first-order valence-electron chi connectivity index (χ1n) is 9.92. The van der Waals surface area contributed by atoms with Gasteiger partial charge in [0.1, 0.15) is 5.75 Å². The summed E-state index contributed by atoms with van der Waals surface area (Å²) in [5, 5.41) is 2.82. The Kier molecular flexibility index (Phi) is 7.28. The lowest BCUT2D eigenvalue weighted by molar-refractivity contribution is -0.121. The third-order valence-electron chi connectivity index (χ3n) is 5.17. The molecule has 0 spiro atoms. The minimum Gasteiger partial charge on any atom is -0.497 e. The van der Waals surface area contributed by atoms with E-state index < -0.39 is 10.0 Å². The van der Waals surface area contributed by atoms with Crippen LogP contribution >= 0.6 is 0 Å². The minimum atomic E-state index is -3.34. The van der Waals surface area contributed by atoms with Crippen LogP contribution < -0.4 is 10.1 Å². The largest absolute Gasteiger partial charge is 0.497 e. The molecule has 6 nitrogen and oxygen atoms in total. The van der Waals surface area contributed by atoms with Crippen LogP contribution in [0.3, 0.4) is 0 Å². The number of nitrogens with one attached hydrogen (secondary N) is 1. The van der Waals surface area contributed by atoms with Gasteiger partial charge in [0.15, 0.2) is 0 Å². The van der Waals surface area contributed by atoms with Gasteiger partial charge in [-0.3, -0.25) is 4.79 Å². The molecular weight excluding hydrogens is 388 g/mol. The first kappa shape index (κ1) is 21.3. The molecule has 0 radical (unpaired) electrons. The predicted molar refractivity (Wildman–Crippen MR) is 113 cm³/mol. The lowest BCUT2D eigenvalue weighted by Gasteiger charge is -2.28. The maximum absolute atomic E-state index is 12.7. The van der Waals surface area contributed by atoms with Crippen molar-refractivity contribution in [3.8, 4) is 5.75 Å². The highest BCUT2D eigenvalue weighted by Crippen LogP contribution is 2.25. The van der Waals surface area contributed by atoms with Gasteiger partial charge in [0, 0.05) is 26.1 Å². The van der Waals surface area contributed by atoms with Crippen molar-refractivity contribution in [1.82, 2.24) is 9.62 Å². The van der Waals surface area contributed by atoms with Gasteiger partial charge in [0.2, 0.25) is 15.9 Å². The van der Waals surface area contributed by atoms with Crippen molar-refractivity contribution >= 4 is 15.9 Å². The molecule has 3 rings (SSSR count). The molecule has 0 saturated heterocycles. The number of hydrogen-bond acceptors (Lipinski definition) is 4. The van der Waals surface area contributed by atoms with Gasteiger partial charge in [-0.05, 0) is 48.1 Å². The fraction of sp³-hybridized carbons (Fsp3) is 0.409. The Morgan fingerprint density at radius 1 is 1.14 bits per heavy atom. The Hall–Kier alpha value is -2.38. The first-order valence-corrected chi connectivity index (χ1v) is 11.5. The molecule has 1 heterocycles. The van der Waals surface area contributed by atoms with E-state index in [1.54, 1.807) is 11.4 Å². The second-order valence-electron chi connectivity index (χ2n) is 7.22. The normalized spacial score (nSPS) is 14.2. The summed E-state index contributed by atoms with van der Waals surface area (Å²) >= 11 is 0. The van der Waals surface area contributed by atoms with Gasteiger partial charge in [-0.2, -0.15) is 4.31 Å². The van der Waals surface area contributed by atoms with E-state index in [4.69, 9.17) is 4.74 Å². The van der Waals surface area contributed by atoms with Crippen LogP contribution in [0.4, 0.5) is 0 Å². The summed E-state index contributed by atoms with van der Waals surface area (Å²) in [4.78, 5) is 12.0. The number of carbonyl (C=O) groups is 1. The number of rotatable bonds is 9. The zero-order chi connectivity index (χ0) is 20.7. The number of nitrogens with zero attached hydrogens (tertiary/aromatic N) is 1. The molecular formula is C22H28N2O4S. The van der Waals surface area contributed by atoms with Gasteiger partial charge in [0.25, 0.3) is 0 Å². The van der Waals surface area contributed by atoms with Crippen molar-refractivity contribution in [3.05, 3.63) is 65.2 Å². The third kappa shape index (κ3) is 6.05. The molecule has 2 aromatic carbocycles. The Bertz CT molecular complexity index is 929. The summed E-state index contributed by atoms with van der Waals surface area (Å²) in [7, 11) is -1.72. The number of carbonyl (C=O) groups excluding carboxylic acids is 1. The van der Waals surface area contributed by atoms with Crippen LogP contribution in [0, 0.1) is 0 Å². The Morgan fingerprint density at radius 2 is 1.93 bits per heavy atom. The van der Waals surface area contributed by atoms with E-state index in [1.165, 1.54) is 0 Å². The molecule has 0 atom stereocenters. The number of ether oxygens (including phenoxy) is 1. The summed E-state index contributed by atoms with van der Waals surface area (Å²) in [6, 6.07) is 15.6. The molecule has 0 aromatic heterocycles. The van der Waals surface area contributed by atoms with Crippen molar-refractivity contribution < 1.29 is 17.9 Å². The molecule has 2 aromatic rings. The van der Waals surface area contributed by atoms with Crippen molar-refractivity contribution in [2.24, 2.45) is 0 Å². The van der Waals surface area contributed by atoms with E-state index in [0.29, 0.717) is 45.3 Å². The highest BCUT2D eigenvalue weighted by Gasteiger charge is 2.26. The maximum atomic E-state index is 12.7. The molecule has 1 amide bonds. The molecule has 0 bridgehead atoms. The molecule has 29 heavy (non-hydrogen) atoms. The van der Waals surface area contributed by atoms with Gasteiger partial charge >= 0.3 is 0 Å². The summed E-state index contributed by atoms with van der Waals surface area (Å²) in [6.07, 6.45) is 2.18. The van der Waals surface area contributed by atoms with Crippen LogP contribution in [-0.2, 0) is 34.2 Å². The van der Waals surface area contributed by atoms with Crippen LogP contribution in [0.25, 0.3) is 0 Å². The lowest BCUT2D eigenvalue weighted by atomic mass is 10.0. The second-order valence-corrected chi connectivity index (χ2v) is 9.31. The summed E-state index contributed by atoms with van der Waals surface area (Å²) in [5.41, 5.74) is 3.28. The first-order chi connectivity index (χ1) is 14.0. The van der Waals surface area contributed by atoms with E-state index in [-0.39, 0.29) is 11.7 Å². The van der Waals surface area contributed by atoms with E-state index in [0.717, 1.165) is 22.4 Å². The van der Waals surface area contributed by atoms with Crippen LogP contribution in [0.1, 0.15) is 29.5 Å². The highest BCUT2D eigenvalue weighted by molar-refractivity contribution is 7.89. The average molecular weight is 417 g/mol. The van der Waals surface area contributed by atoms with E-state index in [2.05, 4.69) is 5.32 Å². The quantitative estimate of drug-likeness (QED) is 0.638.